The summed E-state index contributed by atoms with van der Waals surface area (Å²) in [5, 5.41) is 3.01. The lowest BCUT2D eigenvalue weighted by Gasteiger charge is -2.32. The zero-order valence-electron chi connectivity index (χ0n) is 22.0. The van der Waals surface area contributed by atoms with Gasteiger partial charge in [0.15, 0.2) is 6.61 Å². The molecule has 0 aliphatic rings. The minimum atomic E-state index is -0.671. The highest BCUT2D eigenvalue weighted by Crippen LogP contribution is 2.20. The van der Waals surface area contributed by atoms with E-state index in [-0.39, 0.29) is 24.5 Å². The maximum atomic E-state index is 13.6. The number of aryl methyl sites for hydroxylation is 1. The van der Waals surface area contributed by atoms with Crippen molar-refractivity contribution in [1.82, 2.24) is 10.2 Å². The Bertz CT molecular complexity index is 1110. The van der Waals surface area contributed by atoms with Crippen molar-refractivity contribution in [3.63, 3.8) is 0 Å². The van der Waals surface area contributed by atoms with Gasteiger partial charge in [-0.3, -0.25) is 9.59 Å². The maximum absolute atomic E-state index is 13.6. The lowest BCUT2D eigenvalue weighted by Crippen LogP contribution is -2.52. The third-order valence-electron chi connectivity index (χ3n) is 6.08. The van der Waals surface area contributed by atoms with Crippen LogP contribution in [0.5, 0.6) is 5.75 Å². The lowest BCUT2D eigenvalue weighted by molar-refractivity contribution is -0.143. The molecule has 5 heteroatoms. The van der Waals surface area contributed by atoms with Crippen molar-refractivity contribution in [1.29, 1.82) is 0 Å². The van der Waals surface area contributed by atoms with Crippen LogP contribution in [0.15, 0.2) is 78.9 Å². The molecule has 1 N–H and O–H groups in total. The van der Waals surface area contributed by atoms with Gasteiger partial charge in [-0.05, 0) is 55.5 Å². The molecule has 0 spiro atoms. The second-order valence-corrected chi connectivity index (χ2v) is 9.89. The third kappa shape index (κ3) is 7.98. The van der Waals surface area contributed by atoms with Gasteiger partial charge in [-0.1, -0.05) is 86.1 Å². The van der Waals surface area contributed by atoms with Crippen molar-refractivity contribution >= 4 is 11.8 Å². The second-order valence-electron chi connectivity index (χ2n) is 9.89. The monoisotopic (exact) mass is 486 g/mol. The predicted molar refractivity (Wildman–Crippen MR) is 145 cm³/mol. The van der Waals surface area contributed by atoms with Gasteiger partial charge in [0.1, 0.15) is 11.8 Å². The van der Waals surface area contributed by atoms with Crippen molar-refractivity contribution in [3.8, 4) is 5.75 Å². The van der Waals surface area contributed by atoms with Gasteiger partial charge in [0.2, 0.25) is 5.91 Å². The number of rotatable bonds is 11. The number of amides is 2. The van der Waals surface area contributed by atoms with E-state index in [1.54, 1.807) is 4.90 Å². The number of carbonyl (C=O) groups excluding carboxylic acids is 2. The van der Waals surface area contributed by atoms with Crippen LogP contribution in [-0.4, -0.2) is 35.4 Å². The molecule has 0 bridgehead atoms. The maximum Gasteiger partial charge on any atom is 0.261 e. The summed E-state index contributed by atoms with van der Waals surface area (Å²) in [4.78, 5) is 28.6. The summed E-state index contributed by atoms with van der Waals surface area (Å²) in [6.45, 7) is 10.3. The van der Waals surface area contributed by atoms with Crippen molar-refractivity contribution in [2.75, 3.05) is 6.61 Å². The molecule has 0 aromatic heterocycles. The first-order valence-corrected chi connectivity index (χ1v) is 12.6. The number of benzene rings is 3. The largest absolute Gasteiger partial charge is 0.484 e. The fourth-order valence-corrected chi connectivity index (χ4v) is 4.00. The van der Waals surface area contributed by atoms with Gasteiger partial charge in [-0.15, -0.1) is 0 Å². The zero-order valence-corrected chi connectivity index (χ0v) is 22.0. The van der Waals surface area contributed by atoms with E-state index in [0.29, 0.717) is 24.6 Å². The summed E-state index contributed by atoms with van der Waals surface area (Å²) < 4.78 is 5.88. The Morgan fingerprint density at radius 1 is 0.833 bits per heavy atom. The van der Waals surface area contributed by atoms with Crippen LogP contribution in [0.25, 0.3) is 0 Å². The van der Waals surface area contributed by atoms with Crippen molar-refractivity contribution < 1.29 is 14.3 Å². The highest BCUT2D eigenvalue weighted by Gasteiger charge is 2.31. The van der Waals surface area contributed by atoms with Crippen molar-refractivity contribution in [2.45, 2.75) is 65.6 Å². The molecule has 0 radical (unpaired) electrons. The number of carbonyl (C=O) groups is 2. The third-order valence-corrected chi connectivity index (χ3v) is 6.08. The molecule has 0 saturated carbocycles. The number of nitrogens with one attached hydrogen (secondary N) is 1. The summed E-state index contributed by atoms with van der Waals surface area (Å²) >= 11 is 0. The average Bonchev–Trinajstić information content (AvgIpc) is 2.86. The molecule has 1 atom stereocenters. The normalized spacial score (nSPS) is 11.9. The van der Waals surface area contributed by atoms with E-state index in [2.05, 4.69) is 19.2 Å². The quantitative estimate of drug-likeness (QED) is 0.380. The van der Waals surface area contributed by atoms with Crippen LogP contribution in [0, 0.1) is 6.92 Å². The first-order valence-electron chi connectivity index (χ1n) is 12.6. The van der Waals surface area contributed by atoms with Crippen LogP contribution in [0.2, 0.25) is 0 Å². The van der Waals surface area contributed by atoms with Gasteiger partial charge in [-0.2, -0.15) is 0 Å². The molecule has 0 aliphatic carbocycles. The highest BCUT2D eigenvalue weighted by atomic mass is 16.5. The van der Waals surface area contributed by atoms with Gasteiger partial charge in [-0.25, -0.2) is 0 Å². The van der Waals surface area contributed by atoms with Crippen molar-refractivity contribution in [3.05, 3.63) is 101 Å². The SMILES string of the molecule is Cc1ccc(CN(C(=O)COc2ccc(C(C)C)cc2)C(Cc2ccccc2)C(=O)NC(C)C)cc1. The van der Waals surface area contributed by atoms with Crippen LogP contribution in [-0.2, 0) is 22.6 Å². The van der Waals surface area contributed by atoms with E-state index in [9.17, 15) is 9.59 Å². The standard InChI is InChI=1S/C31H38N2O3/c1-22(2)27-15-17-28(18-16-27)36-21-30(34)33(20-26-13-11-24(5)12-14-26)29(31(35)32-23(3)4)19-25-9-7-6-8-10-25/h6-18,22-23,29H,19-21H2,1-5H3,(H,32,35). The Morgan fingerprint density at radius 2 is 1.47 bits per heavy atom. The molecule has 36 heavy (non-hydrogen) atoms. The Hall–Kier alpha value is -3.60. The summed E-state index contributed by atoms with van der Waals surface area (Å²) in [5.41, 5.74) is 4.31. The Labute approximate surface area is 215 Å². The van der Waals surface area contributed by atoms with Crippen LogP contribution < -0.4 is 10.1 Å². The number of hydrogen-bond donors (Lipinski definition) is 1. The van der Waals surface area contributed by atoms with Gasteiger partial charge in [0, 0.05) is 19.0 Å². The molecule has 0 saturated heterocycles. The molecule has 190 valence electrons. The Kier molecular flexibility index (Phi) is 9.69. The molecule has 2 amide bonds. The van der Waals surface area contributed by atoms with E-state index in [1.807, 2.05) is 99.6 Å². The summed E-state index contributed by atoms with van der Waals surface area (Å²) in [6.07, 6.45) is 0.417. The Morgan fingerprint density at radius 3 is 2.06 bits per heavy atom. The summed E-state index contributed by atoms with van der Waals surface area (Å²) in [5.74, 6) is 0.650. The van der Waals surface area contributed by atoms with Gasteiger partial charge in [0.05, 0.1) is 0 Å². The summed E-state index contributed by atoms with van der Waals surface area (Å²) in [7, 11) is 0. The lowest BCUT2D eigenvalue weighted by atomic mass is 10.0. The van der Waals surface area contributed by atoms with E-state index < -0.39 is 6.04 Å². The van der Waals surface area contributed by atoms with Crippen molar-refractivity contribution in [2.24, 2.45) is 0 Å². The molecule has 3 rings (SSSR count). The number of ether oxygens (including phenoxy) is 1. The van der Waals surface area contributed by atoms with Gasteiger partial charge in [0.25, 0.3) is 5.91 Å². The second kappa shape index (κ2) is 12.9. The van der Waals surface area contributed by atoms with E-state index in [1.165, 1.54) is 5.56 Å². The molecule has 1 unspecified atom stereocenters. The molecule has 5 nitrogen and oxygen atoms in total. The molecular formula is C31H38N2O3. The molecule has 0 aliphatic heterocycles. The number of hydrogen-bond acceptors (Lipinski definition) is 3. The molecule has 0 heterocycles. The van der Waals surface area contributed by atoms with Crippen LogP contribution in [0.4, 0.5) is 0 Å². The Balaban J connectivity index is 1.87. The van der Waals surface area contributed by atoms with Gasteiger partial charge < -0.3 is 15.0 Å². The minimum absolute atomic E-state index is 0.0391. The first-order chi connectivity index (χ1) is 17.2. The fraction of sp³-hybridized carbons (Fsp3) is 0.355. The topological polar surface area (TPSA) is 58.6 Å². The van der Waals surface area contributed by atoms with E-state index in [4.69, 9.17) is 4.74 Å². The highest BCUT2D eigenvalue weighted by molar-refractivity contribution is 5.88. The number of nitrogens with zero attached hydrogens (tertiary/aromatic N) is 1. The molecular weight excluding hydrogens is 448 g/mol. The van der Waals surface area contributed by atoms with Gasteiger partial charge >= 0.3 is 0 Å². The van der Waals surface area contributed by atoms with E-state index >= 15 is 0 Å². The predicted octanol–water partition coefficient (Wildman–Crippen LogP) is 5.66. The molecule has 3 aromatic rings. The fourth-order valence-electron chi connectivity index (χ4n) is 4.00. The minimum Gasteiger partial charge on any atom is -0.484 e. The average molecular weight is 487 g/mol. The van der Waals surface area contributed by atoms with Crippen LogP contribution >= 0.6 is 0 Å². The molecule has 0 fully saturated rings. The first kappa shape index (κ1) is 27.0. The smallest absolute Gasteiger partial charge is 0.261 e. The van der Waals surface area contributed by atoms with E-state index in [0.717, 1.165) is 16.7 Å². The summed E-state index contributed by atoms with van der Waals surface area (Å²) in [6, 6.07) is 24.9. The molecule has 3 aromatic carbocycles. The van der Waals surface area contributed by atoms with Crippen LogP contribution in [0.1, 0.15) is 55.9 Å². The zero-order chi connectivity index (χ0) is 26.1. The van der Waals surface area contributed by atoms with Crippen LogP contribution in [0.3, 0.4) is 0 Å².